The van der Waals surface area contributed by atoms with Gasteiger partial charge in [0.1, 0.15) is 5.75 Å². The number of ether oxygens (including phenoxy) is 1. The van der Waals surface area contributed by atoms with Gasteiger partial charge in [0.2, 0.25) is 0 Å². The van der Waals surface area contributed by atoms with E-state index in [-0.39, 0.29) is 5.91 Å². The highest BCUT2D eigenvalue weighted by Gasteiger charge is 2.20. The number of carbonyl (C=O) groups is 1. The molecule has 0 radical (unpaired) electrons. The van der Waals surface area contributed by atoms with Crippen molar-refractivity contribution in [2.24, 2.45) is 0 Å². The predicted molar refractivity (Wildman–Crippen MR) is 73.9 cm³/mol. The van der Waals surface area contributed by atoms with E-state index in [0.29, 0.717) is 0 Å². The summed E-state index contributed by atoms with van der Waals surface area (Å²) in [5.41, 5.74) is 2.26. The van der Waals surface area contributed by atoms with Gasteiger partial charge in [-0.05, 0) is 46.2 Å². The summed E-state index contributed by atoms with van der Waals surface area (Å²) < 4.78 is 5.76. The molecule has 1 rings (SSSR count). The smallest absolute Gasteiger partial charge is 0.263 e. The molecule has 3 nitrogen and oxygen atoms in total. The summed E-state index contributed by atoms with van der Waals surface area (Å²) >= 11 is 0. The number of amides is 1. The first-order valence-corrected chi connectivity index (χ1v) is 6.52. The van der Waals surface area contributed by atoms with Gasteiger partial charge in [-0.15, -0.1) is 0 Å². The van der Waals surface area contributed by atoms with E-state index in [0.717, 1.165) is 24.4 Å². The molecular formula is C15H23NO2. The second-order valence-electron chi connectivity index (χ2n) is 4.54. The number of rotatable bonds is 5. The molecule has 0 aliphatic rings. The van der Waals surface area contributed by atoms with Crippen molar-refractivity contribution >= 4 is 5.91 Å². The van der Waals surface area contributed by atoms with Gasteiger partial charge in [0.25, 0.3) is 5.91 Å². The number of aryl methyl sites for hydroxylation is 2. The van der Waals surface area contributed by atoms with E-state index >= 15 is 0 Å². The van der Waals surface area contributed by atoms with Crippen molar-refractivity contribution in [2.45, 2.75) is 40.7 Å². The van der Waals surface area contributed by atoms with Crippen LogP contribution in [-0.4, -0.2) is 30.0 Å². The van der Waals surface area contributed by atoms with Crippen molar-refractivity contribution in [3.63, 3.8) is 0 Å². The third-order valence-corrected chi connectivity index (χ3v) is 3.06. The summed E-state index contributed by atoms with van der Waals surface area (Å²) in [5, 5.41) is 0. The Kier molecular flexibility index (Phi) is 5.20. The Morgan fingerprint density at radius 1 is 1.28 bits per heavy atom. The largest absolute Gasteiger partial charge is 0.481 e. The van der Waals surface area contributed by atoms with Crippen molar-refractivity contribution in [1.82, 2.24) is 4.90 Å². The maximum Gasteiger partial charge on any atom is 0.263 e. The van der Waals surface area contributed by atoms with E-state index in [4.69, 9.17) is 4.74 Å². The highest BCUT2D eigenvalue weighted by atomic mass is 16.5. The van der Waals surface area contributed by atoms with Gasteiger partial charge < -0.3 is 9.64 Å². The average molecular weight is 249 g/mol. The van der Waals surface area contributed by atoms with Crippen LogP contribution in [0.4, 0.5) is 0 Å². The fraction of sp³-hybridized carbons (Fsp3) is 0.533. The zero-order valence-electron chi connectivity index (χ0n) is 12.0. The normalized spacial score (nSPS) is 12.1. The van der Waals surface area contributed by atoms with E-state index < -0.39 is 6.10 Å². The maximum absolute atomic E-state index is 12.1. The standard InChI is InChI=1S/C15H23NO2/c1-6-16(7-2)15(17)13(5)18-14-9-8-11(3)10-12(14)4/h8-10,13H,6-7H2,1-5H3/t13-/m0/s1. The molecule has 3 heteroatoms. The van der Waals surface area contributed by atoms with Crippen LogP contribution in [0.1, 0.15) is 31.9 Å². The van der Waals surface area contributed by atoms with Gasteiger partial charge in [0.05, 0.1) is 0 Å². The lowest BCUT2D eigenvalue weighted by atomic mass is 10.1. The Morgan fingerprint density at radius 2 is 1.89 bits per heavy atom. The van der Waals surface area contributed by atoms with Crippen molar-refractivity contribution in [2.75, 3.05) is 13.1 Å². The summed E-state index contributed by atoms with van der Waals surface area (Å²) in [4.78, 5) is 13.9. The van der Waals surface area contributed by atoms with Gasteiger partial charge in [0, 0.05) is 13.1 Å². The number of hydrogen-bond donors (Lipinski definition) is 0. The molecule has 1 atom stereocenters. The first-order chi connectivity index (χ1) is 8.49. The zero-order valence-corrected chi connectivity index (χ0v) is 12.0. The van der Waals surface area contributed by atoms with Crippen LogP contribution >= 0.6 is 0 Å². The molecule has 0 heterocycles. The molecule has 0 aromatic heterocycles. The minimum atomic E-state index is -0.439. The van der Waals surface area contributed by atoms with Crippen LogP contribution in [0, 0.1) is 13.8 Å². The van der Waals surface area contributed by atoms with Crippen LogP contribution in [0.2, 0.25) is 0 Å². The van der Waals surface area contributed by atoms with E-state index in [9.17, 15) is 4.79 Å². The van der Waals surface area contributed by atoms with Crippen LogP contribution in [-0.2, 0) is 4.79 Å². The zero-order chi connectivity index (χ0) is 13.7. The average Bonchev–Trinajstić information content (AvgIpc) is 2.34. The molecule has 0 aliphatic carbocycles. The molecule has 18 heavy (non-hydrogen) atoms. The van der Waals surface area contributed by atoms with Gasteiger partial charge in [-0.2, -0.15) is 0 Å². The fourth-order valence-corrected chi connectivity index (χ4v) is 1.96. The molecule has 100 valence electrons. The number of hydrogen-bond acceptors (Lipinski definition) is 2. The van der Waals surface area contributed by atoms with Crippen molar-refractivity contribution < 1.29 is 9.53 Å². The highest BCUT2D eigenvalue weighted by molar-refractivity contribution is 5.80. The van der Waals surface area contributed by atoms with Crippen molar-refractivity contribution in [3.8, 4) is 5.75 Å². The Morgan fingerprint density at radius 3 is 2.39 bits per heavy atom. The third-order valence-electron chi connectivity index (χ3n) is 3.06. The molecule has 0 N–H and O–H groups in total. The first kappa shape index (κ1) is 14.6. The van der Waals surface area contributed by atoms with Gasteiger partial charge in [-0.3, -0.25) is 4.79 Å². The summed E-state index contributed by atoms with van der Waals surface area (Å²) in [6.07, 6.45) is -0.439. The Labute approximate surface area is 110 Å². The van der Waals surface area contributed by atoms with Crippen molar-refractivity contribution in [3.05, 3.63) is 29.3 Å². The predicted octanol–water partition coefficient (Wildman–Crippen LogP) is 2.94. The molecule has 0 aliphatic heterocycles. The molecule has 1 aromatic carbocycles. The summed E-state index contributed by atoms with van der Waals surface area (Å²) in [6.45, 7) is 11.2. The summed E-state index contributed by atoms with van der Waals surface area (Å²) in [6, 6.07) is 5.98. The lowest BCUT2D eigenvalue weighted by molar-refractivity contribution is -0.137. The quantitative estimate of drug-likeness (QED) is 0.803. The topological polar surface area (TPSA) is 29.5 Å². The summed E-state index contributed by atoms with van der Waals surface area (Å²) in [5.74, 6) is 0.827. The number of benzene rings is 1. The second-order valence-corrected chi connectivity index (χ2v) is 4.54. The number of likely N-dealkylation sites (N-methyl/N-ethyl adjacent to an activating group) is 1. The van der Waals surface area contributed by atoms with Crippen LogP contribution < -0.4 is 4.74 Å². The second kappa shape index (κ2) is 6.43. The molecule has 0 bridgehead atoms. The molecule has 0 fully saturated rings. The Bertz CT molecular complexity index is 411. The number of nitrogens with zero attached hydrogens (tertiary/aromatic N) is 1. The van der Waals surface area contributed by atoms with Gasteiger partial charge in [-0.25, -0.2) is 0 Å². The van der Waals surface area contributed by atoms with Crippen LogP contribution in [0.3, 0.4) is 0 Å². The maximum atomic E-state index is 12.1. The molecule has 0 saturated carbocycles. The first-order valence-electron chi connectivity index (χ1n) is 6.52. The monoisotopic (exact) mass is 249 g/mol. The lowest BCUT2D eigenvalue weighted by Crippen LogP contribution is -2.40. The van der Waals surface area contributed by atoms with Gasteiger partial charge in [0.15, 0.2) is 6.10 Å². The van der Waals surface area contributed by atoms with E-state index in [1.807, 2.05) is 39.8 Å². The molecule has 0 saturated heterocycles. The lowest BCUT2D eigenvalue weighted by Gasteiger charge is -2.24. The Balaban J connectivity index is 2.75. The van der Waals surface area contributed by atoms with Gasteiger partial charge >= 0.3 is 0 Å². The molecule has 0 unspecified atom stereocenters. The molecule has 1 amide bonds. The van der Waals surface area contributed by atoms with Crippen LogP contribution in [0.15, 0.2) is 18.2 Å². The van der Waals surface area contributed by atoms with Crippen LogP contribution in [0.5, 0.6) is 5.75 Å². The minimum Gasteiger partial charge on any atom is -0.481 e. The SMILES string of the molecule is CCN(CC)C(=O)[C@H](C)Oc1ccc(C)cc1C. The summed E-state index contributed by atoms with van der Waals surface area (Å²) in [7, 11) is 0. The van der Waals surface area contributed by atoms with E-state index in [1.54, 1.807) is 11.8 Å². The van der Waals surface area contributed by atoms with E-state index in [1.165, 1.54) is 5.56 Å². The molecular weight excluding hydrogens is 226 g/mol. The Hall–Kier alpha value is -1.51. The highest BCUT2D eigenvalue weighted by Crippen LogP contribution is 2.20. The van der Waals surface area contributed by atoms with Gasteiger partial charge in [-0.1, -0.05) is 17.7 Å². The molecule has 0 spiro atoms. The third kappa shape index (κ3) is 3.49. The fourth-order valence-electron chi connectivity index (χ4n) is 1.96. The minimum absolute atomic E-state index is 0.0416. The molecule has 1 aromatic rings. The van der Waals surface area contributed by atoms with E-state index in [2.05, 4.69) is 6.07 Å². The number of carbonyl (C=O) groups excluding carboxylic acids is 1. The van der Waals surface area contributed by atoms with Crippen LogP contribution in [0.25, 0.3) is 0 Å². The van der Waals surface area contributed by atoms with Crippen molar-refractivity contribution in [1.29, 1.82) is 0 Å².